The SMILES string of the molecule is N#Cc1cccc(-n2c3ccccc3c3cc(-c4ccc5c(c4)C4(c6ccccc6S5)c5cccnc5-c5ncccc54)ccc32)c1-n1c2ccccc2c2ccccc21. The van der Waals surface area contributed by atoms with Gasteiger partial charge < -0.3 is 9.13 Å². The number of benzene rings is 7. The molecule has 0 saturated heterocycles. The van der Waals surface area contributed by atoms with Crippen molar-refractivity contribution >= 4 is 55.4 Å². The van der Waals surface area contributed by atoms with Crippen LogP contribution < -0.4 is 0 Å². The predicted molar refractivity (Wildman–Crippen MR) is 242 cm³/mol. The number of pyridine rings is 2. The summed E-state index contributed by atoms with van der Waals surface area (Å²) in [7, 11) is 0. The molecule has 2 aliphatic rings. The fourth-order valence-corrected chi connectivity index (χ4v) is 11.5. The van der Waals surface area contributed by atoms with Gasteiger partial charge in [-0.2, -0.15) is 5.26 Å². The van der Waals surface area contributed by atoms with Gasteiger partial charge in [0.05, 0.1) is 55.8 Å². The van der Waals surface area contributed by atoms with Gasteiger partial charge in [0.1, 0.15) is 6.07 Å². The average Bonchev–Trinajstić information content (AvgIpc) is 3.93. The number of hydrogen-bond donors (Lipinski definition) is 0. The van der Waals surface area contributed by atoms with E-state index in [0.29, 0.717) is 5.56 Å². The number of hydrogen-bond acceptors (Lipinski definition) is 4. The number of fused-ring (bicyclic) bond motifs is 15. The summed E-state index contributed by atoms with van der Waals surface area (Å²) >= 11 is 1.84. The van der Waals surface area contributed by atoms with Crippen LogP contribution in [0.3, 0.4) is 0 Å². The first-order valence-corrected chi connectivity index (χ1v) is 20.9. The van der Waals surface area contributed by atoms with Gasteiger partial charge in [0.25, 0.3) is 0 Å². The second-order valence-corrected chi connectivity index (χ2v) is 16.7. The highest BCUT2D eigenvalue weighted by molar-refractivity contribution is 7.99. The lowest BCUT2D eigenvalue weighted by molar-refractivity contribution is 0.720. The smallest absolute Gasteiger partial charge is 0.101 e. The zero-order valence-electron chi connectivity index (χ0n) is 32.0. The molecule has 5 nitrogen and oxygen atoms in total. The van der Waals surface area contributed by atoms with Gasteiger partial charge in [0, 0.05) is 43.7 Å². The topological polar surface area (TPSA) is 59.4 Å². The molecule has 0 radical (unpaired) electrons. The van der Waals surface area contributed by atoms with Crippen molar-refractivity contribution < 1.29 is 0 Å². The third-order valence-corrected chi connectivity index (χ3v) is 13.9. The minimum atomic E-state index is -0.560. The first kappa shape index (κ1) is 33.3. The minimum absolute atomic E-state index is 0.560. The second kappa shape index (κ2) is 12.4. The lowest BCUT2D eigenvalue weighted by Gasteiger charge is -2.39. The zero-order valence-corrected chi connectivity index (χ0v) is 32.9. The molecule has 0 N–H and O–H groups in total. The molecule has 7 aromatic carbocycles. The van der Waals surface area contributed by atoms with Crippen molar-refractivity contribution in [3.63, 3.8) is 0 Å². The Labute approximate surface area is 349 Å². The van der Waals surface area contributed by atoms with E-state index in [1.54, 1.807) is 0 Å². The van der Waals surface area contributed by atoms with Gasteiger partial charge in [0.15, 0.2) is 0 Å². The molecular weight excluding hydrogens is 751 g/mol. The van der Waals surface area contributed by atoms with Crippen LogP contribution in [-0.2, 0) is 5.41 Å². The molecule has 0 amide bonds. The molecule has 0 bridgehead atoms. The van der Waals surface area contributed by atoms with Crippen molar-refractivity contribution in [2.75, 3.05) is 0 Å². The summed E-state index contributed by atoms with van der Waals surface area (Å²) in [4.78, 5) is 12.4. The quantitative estimate of drug-likeness (QED) is 0.179. The normalized spacial score (nSPS) is 13.4. The van der Waals surface area contributed by atoms with Gasteiger partial charge in [-0.25, -0.2) is 0 Å². The Morgan fingerprint density at radius 3 is 1.70 bits per heavy atom. The molecule has 0 saturated carbocycles. The Kier molecular flexibility index (Phi) is 6.87. The Balaban J connectivity index is 1.05. The van der Waals surface area contributed by atoms with Crippen LogP contribution in [0.2, 0.25) is 0 Å². The van der Waals surface area contributed by atoms with Gasteiger partial charge in [0.2, 0.25) is 0 Å². The van der Waals surface area contributed by atoms with E-state index in [1.807, 2.05) is 36.3 Å². The van der Waals surface area contributed by atoms with E-state index in [9.17, 15) is 5.26 Å². The van der Waals surface area contributed by atoms with Crippen LogP contribution >= 0.6 is 11.8 Å². The Morgan fingerprint density at radius 1 is 0.450 bits per heavy atom. The molecule has 0 fully saturated rings. The van der Waals surface area contributed by atoms with E-state index >= 15 is 0 Å². The van der Waals surface area contributed by atoms with Crippen LogP contribution in [0.4, 0.5) is 0 Å². The molecule has 13 rings (SSSR count). The highest BCUT2D eigenvalue weighted by Crippen LogP contribution is 2.61. The third-order valence-electron chi connectivity index (χ3n) is 12.7. The van der Waals surface area contributed by atoms with Crippen LogP contribution in [0.15, 0.2) is 198 Å². The van der Waals surface area contributed by atoms with E-state index in [0.717, 1.165) is 77.5 Å². The molecule has 60 heavy (non-hydrogen) atoms. The van der Waals surface area contributed by atoms with Crippen LogP contribution in [0.5, 0.6) is 0 Å². The lowest BCUT2D eigenvalue weighted by Crippen LogP contribution is -2.32. The summed E-state index contributed by atoms with van der Waals surface area (Å²) in [5.74, 6) is 0. The van der Waals surface area contributed by atoms with Crippen molar-refractivity contribution in [3.05, 3.63) is 216 Å². The molecule has 5 heterocycles. The number of rotatable bonds is 3. The fraction of sp³-hybridized carbons (Fsp3) is 0.0185. The van der Waals surface area contributed by atoms with Crippen LogP contribution in [0, 0.1) is 11.3 Å². The Morgan fingerprint density at radius 2 is 1.00 bits per heavy atom. The van der Waals surface area contributed by atoms with Crippen molar-refractivity contribution in [2.45, 2.75) is 15.2 Å². The van der Waals surface area contributed by atoms with Gasteiger partial charge in [-0.05, 0) is 106 Å². The van der Waals surface area contributed by atoms with Crippen molar-refractivity contribution in [1.82, 2.24) is 19.1 Å². The first-order chi connectivity index (χ1) is 29.7. The van der Waals surface area contributed by atoms with Crippen molar-refractivity contribution in [2.24, 2.45) is 0 Å². The predicted octanol–water partition coefficient (Wildman–Crippen LogP) is 13.0. The molecule has 1 aliphatic carbocycles. The van der Waals surface area contributed by atoms with Gasteiger partial charge in [-0.3, -0.25) is 9.97 Å². The standard InChI is InChI=1S/C54H31N5S/c55-32-35-12-9-22-48(53(35)59-45-20-6-1-13-36(45)37-14-2-7-21-46(37)59)58-44-19-5-3-15-38(44)39-30-33(24-26-47(39)58)34-25-27-50-43(31-34)54(40-16-4-8-23-49(40)60-50)41-17-10-28-56-51(41)52-42(54)18-11-29-57-52/h1-31H. The zero-order chi connectivity index (χ0) is 39.5. The van der Waals surface area contributed by atoms with Crippen LogP contribution in [0.1, 0.15) is 27.8 Å². The average molecular weight is 782 g/mol. The molecule has 1 spiro atoms. The molecule has 0 unspecified atom stereocenters. The number of nitriles is 1. The van der Waals surface area contributed by atoms with E-state index in [-0.39, 0.29) is 0 Å². The Bertz CT molecular complexity index is 3580. The first-order valence-electron chi connectivity index (χ1n) is 20.1. The van der Waals surface area contributed by atoms with E-state index in [2.05, 4.69) is 179 Å². The number of nitrogens with zero attached hydrogens (tertiary/aromatic N) is 5. The summed E-state index contributed by atoms with van der Waals surface area (Å²) < 4.78 is 4.62. The molecule has 1 aliphatic heterocycles. The van der Waals surface area contributed by atoms with Crippen LogP contribution in [0.25, 0.3) is 77.5 Å². The third kappa shape index (κ3) is 4.31. The van der Waals surface area contributed by atoms with E-state index < -0.39 is 5.41 Å². The maximum Gasteiger partial charge on any atom is 0.101 e. The summed E-state index contributed by atoms with van der Waals surface area (Å²) in [6, 6.07) is 65.5. The number of para-hydroxylation sites is 4. The molecule has 278 valence electrons. The maximum atomic E-state index is 10.7. The highest BCUT2D eigenvalue weighted by Gasteiger charge is 2.51. The fourth-order valence-electron chi connectivity index (χ4n) is 10.4. The second-order valence-electron chi connectivity index (χ2n) is 15.6. The summed E-state index contributed by atoms with van der Waals surface area (Å²) in [5, 5.41) is 15.3. The molecule has 4 aromatic heterocycles. The largest absolute Gasteiger partial charge is 0.307 e. The molecular formula is C54H31N5S. The lowest BCUT2D eigenvalue weighted by atomic mass is 9.67. The summed E-state index contributed by atoms with van der Waals surface area (Å²) in [6.07, 6.45) is 3.76. The van der Waals surface area contributed by atoms with Crippen LogP contribution in [-0.4, -0.2) is 19.1 Å². The maximum absolute atomic E-state index is 10.7. The Hall–Kier alpha value is -7.72. The van der Waals surface area contributed by atoms with E-state index in [1.165, 1.54) is 32.0 Å². The summed E-state index contributed by atoms with van der Waals surface area (Å²) in [5.41, 5.74) is 15.2. The van der Waals surface area contributed by atoms with Gasteiger partial charge in [-0.1, -0.05) is 115 Å². The number of aromatic nitrogens is 4. The summed E-state index contributed by atoms with van der Waals surface area (Å²) in [6.45, 7) is 0. The van der Waals surface area contributed by atoms with Crippen molar-refractivity contribution in [1.29, 1.82) is 5.26 Å². The molecule has 0 atom stereocenters. The molecule has 11 aromatic rings. The van der Waals surface area contributed by atoms with Crippen molar-refractivity contribution in [3.8, 4) is 40.0 Å². The highest BCUT2D eigenvalue weighted by atomic mass is 32.2. The minimum Gasteiger partial charge on any atom is -0.307 e. The van der Waals surface area contributed by atoms with E-state index in [4.69, 9.17) is 9.97 Å². The van der Waals surface area contributed by atoms with Gasteiger partial charge in [-0.15, -0.1) is 0 Å². The molecule has 6 heteroatoms. The van der Waals surface area contributed by atoms with Gasteiger partial charge >= 0.3 is 0 Å². The monoisotopic (exact) mass is 781 g/mol.